The summed E-state index contributed by atoms with van der Waals surface area (Å²) in [6.07, 6.45) is 6.26. The third-order valence-corrected chi connectivity index (χ3v) is 5.39. The van der Waals surface area contributed by atoms with Crippen molar-refractivity contribution in [1.29, 1.82) is 0 Å². The van der Waals surface area contributed by atoms with Crippen molar-refractivity contribution in [3.05, 3.63) is 48.8 Å². The molecule has 1 atom stereocenters. The molecular formula is C19H25N5O. The molecule has 132 valence electrons. The lowest BCUT2D eigenvalue weighted by molar-refractivity contribution is -0.142. The van der Waals surface area contributed by atoms with Crippen LogP contribution in [-0.2, 0) is 10.3 Å². The number of hydrogen-bond donors (Lipinski definition) is 2. The Kier molecular flexibility index (Phi) is 4.44. The van der Waals surface area contributed by atoms with Crippen molar-refractivity contribution >= 4 is 11.6 Å². The SMILES string of the molecule is O=C(N1CCC(Nc2ccccc2)C1)C1(n2cccn2)CCNCC1. The fourth-order valence-electron chi connectivity index (χ4n) is 4.03. The summed E-state index contributed by atoms with van der Waals surface area (Å²) in [5.74, 6) is 0.218. The van der Waals surface area contributed by atoms with E-state index in [9.17, 15) is 4.79 Å². The van der Waals surface area contributed by atoms with E-state index in [0.717, 1.165) is 51.1 Å². The van der Waals surface area contributed by atoms with Crippen LogP contribution in [0, 0.1) is 0 Å². The number of likely N-dealkylation sites (tertiary alicyclic amines) is 1. The Labute approximate surface area is 148 Å². The topological polar surface area (TPSA) is 62.2 Å². The second kappa shape index (κ2) is 6.88. The number of piperidine rings is 1. The van der Waals surface area contributed by atoms with E-state index in [1.54, 1.807) is 6.20 Å². The summed E-state index contributed by atoms with van der Waals surface area (Å²) < 4.78 is 1.88. The van der Waals surface area contributed by atoms with E-state index in [0.29, 0.717) is 6.04 Å². The predicted octanol–water partition coefficient (Wildman–Crippen LogP) is 1.67. The highest BCUT2D eigenvalue weighted by Gasteiger charge is 2.45. The maximum Gasteiger partial charge on any atom is 0.250 e. The van der Waals surface area contributed by atoms with Crippen LogP contribution in [0.3, 0.4) is 0 Å². The smallest absolute Gasteiger partial charge is 0.250 e. The normalized spacial score (nSPS) is 22.7. The van der Waals surface area contributed by atoms with Gasteiger partial charge in [-0.1, -0.05) is 18.2 Å². The molecule has 2 fully saturated rings. The highest BCUT2D eigenvalue weighted by molar-refractivity contribution is 5.85. The van der Waals surface area contributed by atoms with Gasteiger partial charge in [0.2, 0.25) is 0 Å². The Balaban J connectivity index is 1.48. The summed E-state index contributed by atoms with van der Waals surface area (Å²) in [7, 11) is 0. The van der Waals surface area contributed by atoms with Crippen molar-refractivity contribution in [3.8, 4) is 0 Å². The van der Waals surface area contributed by atoms with E-state index in [4.69, 9.17) is 0 Å². The van der Waals surface area contributed by atoms with E-state index in [1.807, 2.05) is 40.0 Å². The first-order valence-electron chi connectivity index (χ1n) is 9.10. The Morgan fingerprint density at radius 1 is 1.20 bits per heavy atom. The van der Waals surface area contributed by atoms with Crippen molar-refractivity contribution in [1.82, 2.24) is 20.0 Å². The van der Waals surface area contributed by atoms with Crippen molar-refractivity contribution in [2.45, 2.75) is 30.8 Å². The maximum absolute atomic E-state index is 13.4. The van der Waals surface area contributed by atoms with Gasteiger partial charge in [0.1, 0.15) is 5.54 Å². The number of nitrogens with zero attached hydrogens (tertiary/aromatic N) is 3. The van der Waals surface area contributed by atoms with Crippen LogP contribution >= 0.6 is 0 Å². The highest BCUT2D eigenvalue weighted by atomic mass is 16.2. The molecule has 3 heterocycles. The van der Waals surface area contributed by atoms with Crippen LogP contribution < -0.4 is 10.6 Å². The molecule has 0 aliphatic carbocycles. The summed E-state index contributed by atoms with van der Waals surface area (Å²) in [4.78, 5) is 15.4. The molecule has 0 bridgehead atoms. The van der Waals surface area contributed by atoms with Crippen molar-refractivity contribution < 1.29 is 4.79 Å². The molecule has 0 saturated carbocycles. The molecule has 2 saturated heterocycles. The second-order valence-corrected chi connectivity index (χ2v) is 6.98. The number of hydrogen-bond acceptors (Lipinski definition) is 4. The lowest BCUT2D eigenvalue weighted by Crippen LogP contribution is -2.55. The monoisotopic (exact) mass is 339 g/mol. The first-order valence-corrected chi connectivity index (χ1v) is 9.10. The molecule has 2 N–H and O–H groups in total. The zero-order valence-corrected chi connectivity index (χ0v) is 14.4. The minimum absolute atomic E-state index is 0.218. The number of nitrogens with one attached hydrogen (secondary N) is 2. The molecule has 6 heteroatoms. The predicted molar refractivity (Wildman–Crippen MR) is 97.4 cm³/mol. The summed E-state index contributed by atoms with van der Waals surface area (Å²) in [6, 6.07) is 12.4. The Morgan fingerprint density at radius 2 is 2.00 bits per heavy atom. The van der Waals surface area contributed by atoms with Gasteiger partial charge in [0.25, 0.3) is 5.91 Å². The quantitative estimate of drug-likeness (QED) is 0.890. The number of aromatic nitrogens is 2. The van der Waals surface area contributed by atoms with Crippen molar-refractivity contribution in [2.24, 2.45) is 0 Å². The van der Waals surface area contributed by atoms with Crippen LogP contribution in [0.5, 0.6) is 0 Å². The zero-order valence-electron chi connectivity index (χ0n) is 14.4. The summed E-state index contributed by atoms with van der Waals surface area (Å²) >= 11 is 0. The Hall–Kier alpha value is -2.34. The Morgan fingerprint density at radius 3 is 2.72 bits per heavy atom. The molecule has 2 aliphatic heterocycles. The molecule has 4 rings (SSSR count). The number of rotatable bonds is 4. The fourth-order valence-corrected chi connectivity index (χ4v) is 4.03. The van der Waals surface area contributed by atoms with Crippen LogP contribution in [0.25, 0.3) is 0 Å². The van der Waals surface area contributed by atoms with Gasteiger partial charge < -0.3 is 15.5 Å². The summed E-state index contributed by atoms with van der Waals surface area (Å²) in [5, 5.41) is 11.3. The minimum atomic E-state index is -0.531. The average Bonchev–Trinajstić information content (AvgIpc) is 3.35. The molecule has 2 aromatic rings. The molecular weight excluding hydrogens is 314 g/mol. The van der Waals surface area contributed by atoms with E-state index in [2.05, 4.69) is 27.9 Å². The van der Waals surface area contributed by atoms with Crippen molar-refractivity contribution in [2.75, 3.05) is 31.5 Å². The number of carbonyl (C=O) groups is 1. The lowest BCUT2D eigenvalue weighted by Gasteiger charge is -2.39. The standard InChI is InChI=1S/C19H25N5O/c25-18(19(8-11-20-12-9-19)24-13-4-10-21-24)23-14-7-17(15-23)22-16-5-2-1-3-6-16/h1-6,10,13,17,20,22H,7-9,11-12,14-15H2. The van der Waals surface area contributed by atoms with Crippen LogP contribution in [0.4, 0.5) is 5.69 Å². The van der Waals surface area contributed by atoms with Gasteiger partial charge in [0, 0.05) is 37.2 Å². The largest absolute Gasteiger partial charge is 0.380 e. The summed E-state index contributed by atoms with van der Waals surface area (Å²) in [6.45, 7) is 3.26. The number of carbonyl (C=O) groups excluding carboxylic acids is 1. The average molecular weight is 339 g/mol. The van der Waals surface area contributed by atoms with Crippen LogP contribution in [0.1, 0.15) is 19.3 Å². The lowest BCUT2D eigenvalue weighted by atomic mass is 9.87. The minimum Gasteiger partial charge on any atom is -0.380 e. The maximum atomic E-state index is 13.4. The fraction of sp³-hybridized carbons (Fsp3) is 0.474. The molecule has 2 aliphatic rings. The second-order valence-electron chi connectivity index (χ2n) is 6.98. The highest BCUT2D eigenvalue weighted by Crippen LogP contribution is 2.31. The van der Waals surface area contributed by atoms with E-state index in [1.165, 1.54) is 0 Å². The van der Waals surface area contributed by atoms with Gasteiger partial charge in [-0.05, 0) is 50.6 Å². The van der Waals surface area contributed by atoms with Crippen LogP contribution in [-0.4, -0.2) is 52.8 Å². The zero-order chi connectivity index (χ0) is 17.1. The van der Waals surface area contributed by atoms with Gasteiger partial charge in [-0.3, -0.25) is 9.48 Å². The molecule has 1 aromatic carbocycles. The summed E-state index contributed by atoms with van der Waals surface area (Å²) in [5.41, 5.74) is 0.585. The van der Waals surface area contributed by atoms with Gasteiger partial charge >= 0.3 is 0 Å². The molecule has 0 radical (unpaired) electrons. The van der Waals surface area contributed by atoms with E-state index < -0.39 is 5.54 Å². The van der Waals surface area contributed by atoms with Gasteiger partial charge in [-0.15, -0.1) is 0 Å². The molecule has 25 heavy (non-hydrogen) atoms. The number of para-hydroxylation sites is 1. The molecule has 0 spiro atoms. The molecule has 1 amide bonds. The van der Waals surface area contributed by atoms with Crippen LogP contribution in [0.15, 0.2) is 48.8 Å². The third-order valence-electron chi connectivity index (χ3n) is 5.39. The van der Waals surface area contributed by atoms with Crippen molar-refractivity contribution in [3.63, 3.8) is 0 Å². The van der Waals surface area contributed by atoms with Crippen LogP contribution in [0.2, 0.25) is 0 Å². The van der Waals surface area contributed by atoms with Gasteiger partial charge in [0.05, 0.1) is 0 Å². The number of anilines is 1. The Bertz CT molecular complexity index is 694. The van der Waals surface area contributed by atoms with E-state index >= 15 is 0 Å². The van der Waals surface area contributed by atoms with Gasteiger partial charge in [-0.2, -0.15) is 5.10 Å². The number of benzene rings is 1. The number of amides is 1. The van der Waals surface area contributed by atoms with Gasteiger partial charge in [-0.25, -0.2) is 0 Å². The van der Waals surface area contributed by atoms with Gasteiger partial charge in [0.15, 0.2) is 0 Å². The van der Waals surface area contributed by atoms with E-state index in [-0.39, 0.29) is 5.91 Å². The molecule has 1 unspecified atom stereocenters. The first kappa shape index (κ1) is 16.1. The first-order chi connectivity index (χ1) is 12.3. The molecule has 6 nitrogen and oxygen atoms in total. The molecule has 1 aromatic heterocycles. The third kappa shape index (κ3) is 3.14.